The molecule has 2 aromatic carbocycles. The quantitative estimate of drug-likeness (QED) is 0.628. The number of thiocarbonyl (C=S) groups is 1. The van der Waals surface area contributed by atoms with Crippen molar-refractivity contribution in [2.75, 3.05) is 5.32 Å². The standard InChI is InChI=1S/C20H20BrN3OS/c1-11-7-8-16(12(2)9-11)23-19(25)17-13(3)22-20(26)24-18(17)14-5-4-6-15(21)10-14/h4-10,18H,1-3H3,(H,23,25)(H2,22,24,26). The Bertz CT molecular complexity index is 923. The van der Waals surface area contributed by atoms with Crippen LogP contribution in [0.1, 0.15) is 29.7 Å². The Morgan fingerprint density at radius 3 is 2.62 bits per heavy atom. The minimum Gasteiger partial charge on any atom is -0.351 e. The summed E-state index contributed by atoms with van der Waals surface area (Å²) in [6, 6.07) is 13.5. The lowest BCUT2D eigenvalue weighted by molar-refractivity contribution is -0.113. The average Bonchev–Trinajstić information content (AvgIpc) is 2.56. The summed E-state index contributed by atoms with van der Waals surface area (Å²) in [4.78, 5) is 13.1. The molecule has 3 N–H and O–H groups in total. The highest BCUT2D eigenvalue weighted by molar-refractivity contribution is 9.10. The summed E-state index contributed by atoms with van der Waals surface area (Å²) in [6.07, 6.45) is 0. The lowest BCUT2D eigenvalue weighted by atomic mass is 9.95. The highest BCUT2D eigenvalue weighted by atomic mass is 79.9. The molecule has 4 nitrogen and oxygen atoms in total. The predicted octanol–water partition coefficient (Wildman–Crippen LogP) is 4.50. The van der Waals surface area contributed by atoms with Crippen molar-refractivity contribution in [3.63, 3.8) is 0 Å². The van der Waals surface area contributed by atoms with E-state index in [4.69, 9.17) is 12.2 Å². The smallest absolute Gasteiger partial charge is 0.255 e. The monoisotopic (exact) mass is 429 g/mol. The van der Waals surface area contributed by atoms with Crippen LogP contribution in [0, 0.1) is 13.8 Å². The van der Waals surface area contributed by atoms with E-state index in [-0.39, 0.29) is 11.9 Å². The number of hydrogen-bond acceptors (Lipinski definition) is 2. The maximum absolute atomic E-state index is 13.1. The largest absolute Gasteiger partial charge is 0.351 e. The van der Waals surface area contributed by atoms with Crippen LogP contribution >= 0.6 is 28.1 Å². The summed E-state index contributed by atoms with van der Waals surface area (Å²) < 4.78 is 0.952. The molecule has 0 aromatic heterocycles. The highest BCUT2D eigenvalue weighted by Gasteiger charge is 2.30. The summed E-state index contributed by atoms with van der Waals surface area (Å²) >= 11 is 8.79. The number of rotatable bonds is 3. The number of benzene rings is 2. The molecule has 0 radical (unpaired) electrons. The predicted molar refractivity (Wildman–Crippen MR) is 113 cm³/mol. The first-order chi connectivity index (χ1) is 12.3. The van der Waals surface area contributed by atoms with Crippen LogP contribution in [0.2, 0.25) is 0 Å². The van der Waals surface area contributed by atoms with Crippen molar-refractivity contribution in [2.45, 2.75) is 26.8 Å². The molecule has 134 valence electrons. The van der Waals surface area contributed by atoms with Crippen molar-refractivity contribution in [1.82, 2.24) is 10.6 Å². The maximum atomic E-state index is 13.1. The van der Waals surface area contributed by atoms with E-state index in [1.54, 1.807) is 0 Å². The molecular weight excluding hydrogens is 410 g/mol. The number of carbonyl (C=O) groups excluding carboxylic acids is 1. The molecule has 0 aliphatic carbocycles. The Morgan fingerprint density at radius 1 is 1.15 bits per heavy atom. The number of nitrogens with one attached hydrogen (secondary N) is 3. The van der Waals surface area contributed by atoms with Crippen molar-refractivity contribution < 1.29 is 4.79 Å². The van der Waals surface area contributed by atoms with Crippen LogP contribution in [-0.2, 0) is 4.79 Å². The fourth-order valence-electron chi connectivity index (χ4n) is 3.07. The number of amides is 1. The van der Waals surface area contributed by atoms with Gasteiger partial charge in [-0.3, -0.25) is 4.79 Å². The molecule has 0 fully saturated rings. The van der Waals surface area contributed by atoms with Crippen LogP contribution in [-0.4, -0.2) is 11.0 Å². The van der Waals surface area contributed by atoms with Gasteiger partial charge in [0.15, 0.2) is 5.11 Å². The fourth-order valence-corrected chi connectivity index (χ4v) is 3.76. The number of carbonyl (C=O) groups is 1. The molecule has 1 aliphatic heterocycles. The van der Waals surface area contributed by atoms with Crippen molar-refractivity contribution in [3.8, 4) is 0 Å². The number of anilines is 1. The van der Waals surface area contributed by atoms with E-state index in [1.165, 1.54) is 0 Å². The number of allylic oxidation sites excluding steroid dienone is 1. The topological polar surface area (TPSA) is 53.2 Å². The molecular formula is C20H20BrN3OS. The Hall–Kier alpha value is -2.18. The van der Waals surface area contributed by atoms with E-state index in [1.807, 2.05) is 57.2 Å². The number of aryl methyl sites for hydroxylation is 2. The van der Waals surface area contributed by atoms with Crippen LogP contribution < -0.4 is 16.0 Å². The minimum absolute atomic E-state index is 0.151. The van der Waals surface area contributed by atoms with Gasteiger partial charge in [0.25, 0.3) is 5.91 Å². The first kappa shape index (κ1) is 18.6. The number of halogens is 1. The van der Waals surface area contributed by atoms with E-state index in [2.05, 4.69) is 37.9 Å². The molecule has 1 unspecified atom stereocenters. The Labute approximate surface area is 167 Å². The summed E-state index contributed by atoms with van der Waals surface area (Å²) in [5.41, 5.74) is 5.34. The van der Waals surface area contributed by atoms with Gasteiger partial charge in [-0.2, -0.15) is 0 Å². The van der Waals surface area contributed by atoms with Crippen LogP contribution in [0.5, 0.6) is 0 Å². The highest BCUT2D eigenvalue weighted by Crippen LogP contribution is 2.29. The first-order valence-electron chi connectivity index (χ1n) is 8.27. The van der Waals surface area contributed by atoms with Gasteiger partial charge in [-0.1, -0.05) is 45.8 Å². The normalized spacial score (nSPS) is 16.8. The van der Waals surface area contributed by atoms with Crippen LogP contribution in [0.4, 0.5) is 5.69 Å². The average molecular weight is 430 g/mol. The van der Waals surface area contributed by atoms with Gasteiger partial charge in [-0.05, 0) is 62.3 Å². The zero-order valence-electron chi connectivity index (χ0n) is 14.8. The molecule has 6 heteroatoms. The molecule has 1 heterocycles. The van der Waals surface area contributed by atoms with Gasteiger partial charge < -0.3 is 16.0 Å². The summed E-state index contributed by atoms with van der Waals surface area (Å²) in [6.45, 7) is 5.89. The van der Waals surface area contributed by atoms with E-state index >= 15 is 0 Å². The van der Waals surface area contributed by atoms with Crippen LogP contribution in [0.25, 0.3) is 0 Å². The zero-order valence-corrected chi connectivity index (χ0v) is 17.2. The van der Waals surface area contributed by atoms with E-state index < -0.39 is 0 Å². The van der Waals surface area contributed by atoms with Gasteiger partial charge in [0, 0.05) is 15.9 Å². The van der Waals surface area contributed by atoms with E-state index in [9.17, 15) is 4.79 Å². The summed E-state index contributed by atoms with van der Waals surface area (Å²) in [5, 5.41) is 9.82. The third kappa shape index (κ3) is 3.97. The van der Waals surface area contributed by atoms with Crippen molar-refractivity contribution >= 4 is 44.9 Å². The second kappa shape index (κ2) is 7.60. The number of hydrogen-bond donors (Lipinski definition) is 3. The lowest BCUT2D eigenvalue weighted by Gasteiger charge is -2.30. The molecule has 1 amide bonds. The van der Waals surface area contributed by atoms with Gasteiger partial charge in [-0.25, -0.2) is 0 Å². The van der Waals surface area contributed by atoms with Crippen molar-refractivity contribution in [1.29, 1.82) is 0 Å². The fraction of sp³-hybridized carbons (Fsp3) is 0.200. The molecule has 0 spiro atoms. The van der Waals surface area contributed by atoms with Gasteiger partial charge in [0.05, 0.1) is 11.6 Å². The minimum atomic E-state index is -0.313. The van der Waals surface area contributed by atoms with Gasteiger partial charge in [0.2, 0.25) is 0 Å². The molecule has 0 bridgehead atoms. The Balaban J connectivity index is 1.97. The molecule has 3 rings (SSSR count). The van der Waals surface area contributed by atoms with E-state index in [0.29, 0.717) is 10.7 Å². The van der Waals surface area contributed by atoms with Gasteiger partial charge in [0.1, 0.15) is 0 Å². The summed E-state index contributed by atoms with van der Waals surface area (Å²) in [7, 11) is 0. The lowest BCUT2D eigenvalue weighted by Crippen LogP contribution is -2.45. The second-order valence-corrected chi connectivity index (χ2v) is 7.72. The molecule has 26 heavy (non-hydrogen) atoms. The van der Waals surface area contributed by atoms with Gasteiger partial charge in [-0.15, -0.1) is 0 Å². The van der Waals surface area contributed by atoms with Crippen LogP contribution in [0.15, 0.2) is 58.2 Å². The third-order valence-electron chi connectivity index (χ3n) is 4.33. The molecule has 1 aliphatic rings. The maximum Gasteiger partial charge on any atom is 0.255 e. The Morgan fingerprint density at radius 2 is 1.92 bits per heavy atom. The molecule has 0 saturated carbocycles. The first-order valence-corrected chi connectivity index (χ1v) is 9.47. The second-order valence-electron chi connectivity index (χ2n) is 6.40. The molecule has 0 saturated heterocycles. The Kier molecular flexibility index (Phi) is 5.44. The van der Waals surface area contributed by atoms with E-state index in [0.717, 1.165) is 32.5 Å². The van der Waals surface area contributed by atoms with Crippen molar-refractivity contribution in [2.24, 2.45) is 0 Å². The molecule has 1 atom stereocenters. The summed E-state index contributed by atoms with van der Waals surface area (Å²) in [5.74, 6) is -0.151. The zero-order chi connectivity index (χ0) is 18.8. The van der Waals surface area contributed by atoms with Crippen LogP contribution in [0.3, 0.4) is 0 Å². The SMILES string of the molecule is CC1=C(C(=O)Nc2ccc(C)cc2C)C(c2cccc(Br)c2)NC(=S)N1. The van der Waals surface area contributed by atoms with Gasteiger partial charge >= 0.3 is 0 Å². The third-order valence-corrected chi connectivity index (χ3v) is 5.04. The van der Waals surface area contributed by atoms with Crippen molar-refractivity contribution in [3.05, 3.63) is 74.9 Å². The molecule has 2 aromatic rings.